The molecule has 0 radical (unpaired) electrons. The highest BCUT2D eigenvalue weighted by molar-refractivity contribution is 7.89. The SMILES string of the molecule is CCNC(=NCCCn1ccc2ccccc21)NCCNS(=O)(=O)CC. The van der Waals surface area contributed by atoms with E-state index in [4.69, 9.17) is 0 Å². The average molecular weight is 380 g/mol. The fourth-order valence-corrected chi connectivity index (χ4v) is 3.22. The highest BCUT2D eigenvalue weighted by Crippen LogP contribution is 2.15. The van der Waals surface area contributed by atoms with Crippen molar-refractivity contribution in [1.82, 2.24) is 19.9 Å². The average Bonchev–Trinajstić information content (AvgIpc) is 3.05. The largest absolute Gasteiger partial charge is 0.357 e. The van der Waals surface area contributed by atoms with Crippen LogP contribution in [0.4, 0.5) is 0 Å². The smallest absolute Gasteiger partial charge is 0.211 e. The molecule has 3 N–H and O–H groups in total. The van der Waals surface area contributed by atoms with Crippen LogP contribution in [-0.4, -0.2) is 50.9 Å². The molecule has 144 valence electrons. The molecule has 0 aliphatic heterocycles. The van der Waals surface area contributed by atoms with Gasteiger partial charge in [-0.2, -0.15) is 0 Å². The molecule has 0 atom stereocenters. The van der Waals surface area contributed by atoms with Crippen molar-refractivity contribution < 1.29 is 8.42 Å². The van der Waals surface area contributed by atoms with Gasteiger partial charge in [0, 0.05) is 44.4 Å². The Morgan fingerprint density at radius 3 is 2.69 bits per heavy atom. The fourth-order valence-electron chi connectivity index (χ4n) is 2.60. The van der Waals surface area contributed by atoms with E-state index in [9.17, 15) is 8.42 Å². The lowest BCUT2D eigenvalue weighted by Gasteiger charge is -2.12. The number of nitrogens with zero attached hydrogens (tertiary/aromatic N) is 2. The van der Waals surface area contributed by atoms with Gasteiger partial charge < -0.3 is 15.2 Å². The van der Waals surface area contributed by atoms with Crippen LogP contribution in [0.15, 0.2) is 41.5 Å². The fraction of sp³-hybridized carbons (Fsp3) is 0.500. The monoisotopic (exact) mass is 379 g/mol. The zero-order valence-corrected chi connectivity index (χ0v) is 16.3. The Hall–Kier alpha value is -2.06. The lowest BCUT2D eigenvalue weighted by atomic mass is 10.2. The number of benzene rings is 1. The van der Waals surface area contributed by atoms with Crippen molar-refractivity contribution in [2.24, 2.45) is 4.99 Å². The summed E-state index contributed by atoms with van der Waals surface area (Å²) in [6.07, 6.45) is 3.04. The molecule has 0 saturated heterocycles. The van der Waals surface area contributed by atoms with Crippen LogP contribution in [0.5, 0.6) is 0 Å². The van der Waals surface area contributed by atoms with E-state index in [2.05, 4.69) is 55.4 Å². The first-order valence-electron chi connectivity index (χ1n) is 9.09. The molecule has 26 heavy (non-hydrogen) atoms. The Balaban J connectivity index is 1.77. The van der Waals surface area contributed by atoms with E-state index in [1.807, 2.05) is 13.0 Å². The molecule has 0 aliphatic carbocycles. The molecule has 1 heterocycles. The number of rotatable bonds is 10. The molecular formula is C18H29N5O2S. The predicted molar refractivity (Wildman–Crippen MR) is 108 cm³/mol. The molecule has 0 saturated carbocycles. The number of hydrogen-bond acceptors (Lipinski definition) is 3. The van der Waals surface area contributed by atoms with Crippen molar-refractivity contribution in [3.8, 4) is 0 Å². The second-order valence-corrected chi connectivity index (χ2v) is 8.00. The minimum Gasteiger partial charge on any atom is -0.357 e. The Morgan fingerprint density at radius 1 is 1.12 bits per heavy atom. The number of aliphatic imine (C=N–C) groups is 1. The number of para-hydroxylation sites is 1. The molecule has 0 bridgehead atoms. The lowest BCUT2D eigenvalue weighted by molar-refractivity contribution is 0.581. The van der Waals surface area contributed by atoms with E-state index in [-0.39, 0.29) is 5.75 Å². The molecule has 0 fully saturated rings. The topological polar surface area (TPSA) is 87.5 Å². The lowest BCUT2D eigenvalue weighted by Crippen LogP contribution is -2.41. The molecule has 0 unspecified atom stereocenters. The minimum absolute atomic E-state index is 0.0925. The Kier molecular flexibility index (Phi) is 7.93. The molecule has 1 aromatic heterocycles. The van der Waals surface area contributed by atoms with E-state index in [0.29, 0.717) is 25.6 Å². The van der Waals surface area contributed by atoms with Crippen molar-refractivity contribution in [2.45, 2.75) is 26.8 Å². The first-order chi connectivity index (χ1) is 12.6. The molecule has 2 rings (SSSR count). The molecule has 0 aliphatic rings. The van der Waals surface area contributed by atoms with Gasteiger partial charge in [-0.25, -0.2) is 13.1 Å². The van der Waals surface area contributed by atoms with E-state index in [1.54, 1.807) is 6.92 Å². The number of sulfonamides is 1. The van der Waals surface area contributed by atoms with E-state index in [1.165, 1.54) is 10.9 Å². The number of hydrogen-bond donors (Lipinski definition) is 3. The van der Waals surface area contributed by atoms with Crippen molar-refractivity contribution >= 4 is 26.9 Å². The summed E-state index contributed by atoms with van der Waals surface area (Å²) in [6.45, 7) is 6.82. The van der Waals surface area contributed by atoms with Gasteiger partial charge >= 0.3 is 0 Å². The molecule has 0 spiro atoms. The van der Waals surface area contributed by atoms with Gasteiger partial charge in [0.25, 0.3) is 0 Å². The van der Waals surface area contributed by atoms with Gasteiger partial charge in [0.1, 0.15) is 0 Å². The van der Waals surface area contributed by atoms with Crippen LogP contribution in [0.2, 0.25) is 0 Å². The molecule has 7 nitrogen and oxygen atoms in total. The third-order valence-electron chi connectivity index (χ3n) is 3.97. The Labute approximate surface area is 155 Å². The predicted octanol–water partition coefficient (Wildman–Crippen LogP) is 1.53. The number of aromatic nitrogens is 1. The quantitative estimate of drug-likeness (QED) is 0.332. The van der Waals surface area contributed by atoms with Crippen LogP contribution < -0.4 is 15.4 Å². The summed E-state index contributed by atoms with van der Waals surface area (Å²) in [6, 6.07) is 10.5. The van der Waals surface area contributed by atoms with Crippen LogP contribution in [0, 0.1) is 0 Å². The number of fused-ring (bicyclic) bond motifs is 1. The number of aryl methyl sites for hydroxylation is 1. The van der Waals surface area contributed by atoms with Crippen molar-refractivity contribution in [2.75, 3.05) is 31.9 Å². The zero-order valence-electron chi connectivity index (χ0n) is 15.5. The summed E-state index contributed by atoms with van der Waals surface area (Å²) >= 11 is 0. The summed E-state index contributed by atoms with van der Waals surface area (Å²) in [7, 11) is -3.15. The van der Waals surface area contributed by atoms with Gasteiger partial charge in [0.15, 0.2) is 5.96 Å². The van der Waals surface area contributed by atoms with Gasteiger partial charge in [-0.05, 0) is 37.8 Å². The number of nitrogens with one attached hydrogen (secondary N) is 3. The Bertz CT molecular complexity index is 814. The maximum Gasteiger partial charge on any atom is 0.211 e. The van der Waals surface area contributed by atoms with Gasteiger partial charge in [-0.3, -0.25) is 4.99 Å². The summed E-state index contributed by atoms with van der Waals surface area (Å²) < 4.78 is 27.6. The first kappa shape index (κ1) is 20.3. The van der Waals surface area contributed by atoms with Crippen LogP contribution >= 0.6 is 0 Å². The van der Waals surface area contributed by atoms with Crippen LogP contribution in [0.1, 0.15) is 20.3 Å². The Morgan fingerprint density at radius 2 is 1.92 bits per heavy atom. The van der Waals surface area contributed by atoms with Gasteiger partial charge in [0.2, 0.25) is 10.0 Å². The standard InChI is InChI=1S/C18H29N5O2S/c1-3-19-18(21-12-13-22-26(24,25)4-2)20-11-7-14-23-15-10-16-8-5-6-9-17(16)23/h5-6,8-10,15,22H,3-4,7,11-14H2,1-2H3,(H2,19,20,21). The summed E-state index contributed by atoms with van der Waals surface area (Å²) in [5, 5.41) is 7.57. The molecular weight excluding hydrogens is 350 g/mol. The van der Waals surface area contributed by atoms with Crippen molar-refractivity contribution in [3.05, 3.63) is 36.5 Å². The van der Waals surface area contributed by atoms with Gasteiger partial charge in [0.05, 0.1) is 5.75 Å². The van der Waals surface area contributed by atoms with Crippen LogP contribution in [0.25, 0.3) is 10.9 Å². The highest BCUT2D eigenvalue weighted by atomic mass is 32.2. The van der Waals surface area contributed by atoms with Crippen molar-refractivity contribution in [1.29, 1.82) is 0 Å². The molecule has 2 aromatic rings. The maximum absolute atomic E-state index is 11.4. The van der Waals surface area contributed by atoms with Crippen LogP contribution in [0.3, 0.4) is 0 Å². The first-order valence-corrected chi connectivity index (χ1v) is 10.7. The number of guanidine groups is 1. The van der Waals surface area contributed by atoms with Gasteiger partial charge in [-0.15, -0.1) is 0 Å². The van der Waals surface area contributed by atoms with E-state index in [0.717, 1.165) is 19.5 Å². The van der Waals surface area contributed by atoms with E-state index >= 15 is 0 Å². The molecule has 1 aromatic carbocycles. The summed E-state index contributed by atoms with van der Waals surface area (Å²) in [5.74, 6) is 0.801. The van der Waals surface area contributed by atoms with E-state index < -0.39 is 10.0 Å². The van der Waals surface area contributed by atoms with Crippen LogP contribution in [-0.2, 0) is 16.6 Å². The second kappa shape index (κ2) is 10.2. The summed E-state index contributed by atoms with van der Waals surface area (Å²) in [4.78, 5) is 4.55. The normalized spacial score (nSPS) is 12.5. The highest BCUT2D eigenvalue weighted by Gasteiger charge is 2.05. The van der Waals surface area contributed by atoms with Crippen molar-refractivity contribution in [3.63, 3.8) is 0 Å². The third-order valence-corrected chi connectivity index (χ3v) is 5.37. The molecule has 0 amide bonds. The van der Waals surface area contributed by atoms with Gasteiger partial charge in [-0.1, -0.05) is 18.2 Å². The summed E-state index contributed by atoms with van der Waals surface area (Å²) in [5.41, 5.74) is 1.24. The zero-order chi connectivity index (χ0) is 18.8. The molecule has 8 heteroatoms. The maximum atomic E-state index is 11.4. The third kappa shape index (κ3) is 6.34. The minimum atomic E-state index is -3.15. The second-order valence-electron chi connectivity index (χ2n) is 5.91.